The van der Waals surface area contributed by atoms with Crippen molar-refractivity contribution in [3.05, 3.63) is 24.3 Å². The van der Waals surface area contributed by atoms with Crippen LogP contribution in [-0.2, 0) is 4.74 Å². The van der Waals surface area contributed by atoms with Crippen molar-refractivity contribution >= 4 is 5.69 Å². The van der Waals surface area contributed by atoms with Crippen LogP contribution in [-0.4, -0.2) is 30.5 Å². The minimum atomic E-state index is -0.584. The minimum absolute atomic E-state index is 0.247. The van der Waals surface area contributed by atoms with E-state index in [-0.39, 0.29) is 6.61 Å². The van der Waals surface area contributed by atoms with Crippen molar-refractivity contribution in [2.75, 3.05) is 18.9 Å². The van der Waals surface area contributed by atoms with Gasteiger partial charge in [-0.1, -0.05) is 19.3 Å². The summed E-state index contributed by atoms with van der Waals surface area (Å²) in [6, 6.07) is 7.15. The van der Waals surface area contributed by atoms with Crippen LogP contribution in [0.3, 0.4) is 0 Å². The molecule has 0 heterocycles. The first-order valence-electron chi connectivity index (χ1n) is 7.02. The number of nitrogens with two attached hydrogens (primary N) is 1. The van der Waals surface area contributed by atoms with E-state index in [1.54, 1.807) is 24.3 Å². The molecule has 1 saturated carbocycles. The summed E-state index contributed by atoms with van der Waals surface area (Å²) < 4.78 is 11.2. The van der Waals surface area contributed by atoms with Gasteiger partial charge in [-0.05, 0) is 37.1 Å². The van der Waals surface area contributed by atoms with E-state index in [1.807, 2.05) is 0 Å². The number of aliphatic hydroxyl groups excluding tert-OH is 1. The maximum absolute atomic E-state index is 9.82. The van der Waals surface area contributed by atoms with Crippen LogP contribution in [0.1, 0.15) is 32.1 Å². The molecule has 106 valence electrons. The van der Waals surface area contributed by atoms with Gasteiger partial charge in [0.1, 0.15) is 18.5 Å². The van der Waals surface area contributed by atoms with Crippen LogP contribution in [0.25, 0.3) is 0 Å². The van der Waals surface area contributed by atoms with Crippen LogP contribution >= 0.6 is 0 Å². The molecule has 1 aliphatic rings. The molecule has 0 spiro atoms. The zero-order valence-corrected chi connectivity index (χ0v) is 11.3. The first-order chi connectivity index (χ1) is 9.24. The number of aliphatic hydroxyl groups is 1. The Balaban J connectivity index is 1.63. The summed E-state index contributed by atoms with van der Waals surface area (Å²) in [6.45, 7) is 0.594. The van der Waals surface area contributed by atoms with Gasteiger partial charge in [-0.3, -0.25) is 0 Å². The minimum Gasteiger partial charge on any atom is -0.491 e. The van der Waals surface area contributed by atoms with Gasteiger partial charge in [-0.2, -0.15) is 0 Å². The maximum Gasteiger partial charge on any atom is 0.119 e. The second kappa shape index (κ2) is 7.36. The topological polar surface area (TPSA) is 64.7 Å². The van der Waals surface area contributed by atoms with E-state index >= 15 is 0 Å². The summed E-state index contributed by atoms with van der Waals surface area (Å²) in [6.07, 6.45) is 5.75. The molecule has 3 N–H and O–H groups in total. The molecule has 1 atom stereocenters. The fourth-order valence-corrected chi connectivity index (χ4v) is 2.28. The molecule has 4 nitrogen and oxygen atoms in total. The summed E-state index contributed by atoms with van der Waals surface area (Å²) in [5, 5.41) is 9.82. The number of hydrogen-bond donors (Lipinski definition) is 2. The number of rotatable bonds is 6. The summed E-state index contributed by atoms with van der Waals surface area (Å²) in [5.74, 6) is 0.714. The van der Waals surface area contributed by atoms with Crippen LogP contribution in [0.2, 0.25) is 0 Å². The van der Waals surface area contributed by atoms with Crippen molar-refractivity contribution in [2.45, 2.75) is 44.3 Å². The largest absolute Gasteiger partial charge is 0.491 e. The van der Waals surface area contributed by atoms with Gasteiger partial charge >= 0.3 is 0 Å². The van der Waals surface area contributed by atoms with Gasteiger partial charge in [-0.15, -0.1) is 0 Å². The molecule has 1 aromatic rings. The zero-order valence-electron chi connectivity index (χ0n) is 11.3. The Hall–Kier alpha value is -1.26. The highest BCUT2D eigenvalue weighted by molar-refractivity contribution is 5.41. The normalized spacial score (nSPS) is 18.2. The van der Waals surface area contributed by atoms with Crippen molar-refractivity contribution in [1.29, 1.82) is 0 Å². The molecule has 1 aliphatic carbocycles. The molecule has 0 aliphatic heterocycles. The molecule has 4 heteroatoms. The average Bonchev–Trinajstić information content (AvgIpc) is 2.45. The van der Waals surface area contributed by atoms with E-state index in [2.05, 4.69) is 0 Å². The standard InChI is InChI=1S/C15H23NO3/c16-12-6-8-15(9-7-12)19-11-13(17)10-18-14-4-2-1-3-5-14/h6-9,13-14,17H,1-5,10-11,16H2. The fraction of sp³-hybridized carbons (Fsp3) is 0.600. The number of hydrogen-bond acceptors (Lipinski definition) is 4. The van der Waals surface area contributed by atoms with Crippen LogP contribution in [0, 0.1) is 0 Å². The van der Waals surface area contributed by atoms with E-state index in [0.29, 0.717) is 24.1 Å². The molecule has 2 rings (SSSR count). The van der Waals surface area contributed by atoms with Gasteiger partial charge in [0.15, 0.2) is 0 Å². The number of anilines is 1. The predicted molar refractivity (Wildman–Crippen MR) is 75.2 cm³/mol. The third-order valence-electron chi connectivity index (χ3n) is 3.40. The van der Waals surface area contributed by atoms with Crippen molar-refractivity contribution < 1.29 is 14.6 Å². The third kappa shape index (κ3) is 5.09. The van der Waals surface area contributed by atoms with Crippen LogP contribution in [0.4, 0.5) is 5.69 Å². The molecule has 1 aromatic carbocycles. The fourth-order valence-electron chi connectivity index (χ4n) is 2.28. The maximum atomic E-state index is 9.82. The zero-order chi connectivity index (χ0) is 13.5. The molecule has 0 aromatic heterocycles. The highest BCUT2D eigenvalue weighted by Gasteiger charge is 2.15. The van der Waals surface area contributed by atoms with Crippen molar-refractivity contribution in [2.24, 2.45) is 0 Å². The van der Waals surface area contributed by atoms with E-state index < -0.39 is 6.10 Å². The Kier molecular flexibility index (Phi) is 5.48. The lowest BCUT2D eigenvalue weighted by molar-refractivity contribution is -0.0362. The Morgan fingerprint density at radius 1 is 1.11 bits per heavy atom. The SMILES string of the molecule is Nc1ccc(OCC(O)COC2CCCCC2)cc1. The van der Waals surface area contributed by atoms with Gasteiger partial charge in [-0.25, -0.2) is 0 Å². The van der Waals surface area contributed by atoms with Gasteiger partial charge in [0.2, 0.25) is 0 Å². The molecule has 0 radical (unpaired) electrons. The number of ether oxygens (including phenoxy) is 2. The molecule has 19 heavy (non-hydrogen) atoms. The highest BCUT2D eigenvalue weighted by atomic mass is 16.5. The van der Waals surface area contributed by atoms with Gasteiger partial charge < -0.3 is 20.3 Å². The Morgan fingerprint density at radius 3 is 2.47 bits per heavy atom. The lowest BCUT2D eigenvalue weighted by atomic mass is 9.98. The summed E-state index contributed by atoms with van der Waals surface area (Å²) in [4.78, 5) is 0. The number of nitrogen functional groups attached to an aromatic ring is 1. The molecule has 0 amide bonds. The van der Waals surface area contributed by atoms with E-state index in [1.165, 1.54) is 19.3 Å². The molecule has 1 fully saturated rings. The van der Waals surface area contributed by atoms with E-state index in [4.69, 9.17) is 15.2 Å². The van der Waals surface area contributed by atoms with Gasteiger partial charge in [0.05, 0.1) is 12.7 Å². The highest BCUT2D eigenvalue weighted by Crippen LogP contribution is 2.20. The average molecular weight is 265 g/mol. The second-order valence-corrected chi connectivity index (χ2v) is 5.13. The van der Waals surface area contributed by atoms with Gasteiger partial charge in [0, 0.05) is 5.69 Å². The Morgan fingerprint density at radius 2 is 1.79 bits per heavy atom. The van der Waals surface area contributed by atoms with Crippen LogP contribution in [0.15, 0.2) is 24.3 Å². The smallest absolute Gasteiger partial charge is 0.119 e. The predicted octanol–water partition coefficient (Wildman–Crippen LogP) is 2.36. The van der Waals surface area contributed by atoms with Crippen LogP contribution in [0.5, 0.6) is 5.75 Å². The lowest BCUT2D eigenvalue weighted by Crippen LogP contribution is -2.27. The van der Waals surface area contributed by atoms with Crippen LogP contribution < -0.4 is 10.5 Å². The quantitative estimate of drug-likeness (QED) is 0.775. The molecule has 0 saturated heterocycles. The molecular weight excluding hydrogens is 242 g/mol. The first kappa shape index (κ1) is 14.2. The number of benzene rings is 1. The summed E-state index contributed by atoms with van der Waals surface area (Å²) in [5.41, 5.74) is 6.29. The molecule has 1 unspecified atom stereocenters. The molecule has 0 bridgehead atoms. The van der Waals surface area contributed by atoms with Crippen molar-refractivity contribution in [3.63, 3.8) is 0 Å². The van der Waals surface area contributed by atoms with E-state index in [9.17, 15) is 5.11 Å². The summed E-state index contributed by atoms with van der Waals surface area (Å²) >= 11 is 0. The Labute approximate surface area is 114 Å². The van der Waals surface area contributed by atoms with Gasteiger partial charge in [0.25, 0.3) is 0 Å². The third-order valence-corrected chi connectivity index (χ3v) is 3.40. The lowest BCUT2D eigenvalue weighted by Gasteiger charge is -2.23. The Bertz CT molecular complexity index is 360. The van der Waals surface area contributed by atoms with Crippen molar-refractivity contribution in [1.82, 2.24) is 0 Å². The first-order valence-corrected chi connectivity index (χ1v) is 7.02. The monoisotopic (exact) mass is 265 g/mol. The van der Waals surface area contributed by atoms with Crippen molar-refractivity contribution in [3.8, 4) is 5.75 Å². The van der Waals surface area contributed by atoms with E-state index in [0.717, 1.165) is 12.8 Å². The second-order valence-electron chi connectivity index (χ2n) is 5.13. The molecular formula is C15H23NO3. The summed E-state index contributed by atoms with van der Waals surface area (Å²) in [7, 11) is 0.